The van der Waals surface area contributed by atoms with Gasteiger partial charge in [0.05, 0.1) is 0 Å². The summed E-state index contributed by atoms with van der Waals surface area (Å²) in [5, 5.41) is 3.41. The van der Waals surface area contributed by atoms with Crippen LogP contribution in [0, 0.1) is 0 Å². The number of nitrogens with one attached hydrogen (secondary N) is 1. The maximum absolute atomic E-state index is 4.47. The molecule has 6 nitrogen and oxygen atoms in total. The number of anilines is 4. The largest absolute Gasteiger partial charge is 0.372 e. The van der Waals surface area contributed by atoms with Crippen LogP contribution in [0.4, 0.5) is 23.0 Å². The summed E-state index contributed by atoms with van der Waals surface area (Å²) in [5.74, 6) is 1.86. The van der Waals surface area contributed by atoms with Crippen molar-refractivity contribution in [2.45, 2.75) is 19.8 Å². The summed E-state index contributed by atoms with van der Waals surface area (Å²) in [6, 6.07) is 10.7. The maximum Gasteiger partial charge on any atom is 0.135 e. The summed E-state index contributed by atoms with van der Waals surface area (Å²) in [5.41, 5.74) is 2.37. The second-order valence-electron chi connectivity index (χ2n) is 7.05. The molecule has 2 aromatic rings. The van der Waals surface area contributed by atoms with E-state index in [0.717, 1.165) is 50.0 Å². The van der Waals surface area contributed by atoms with Crippen LogP contribution in [0.25, 0.3) is 0 Å². The Balaban J connectivity index is 1.40. The fourth-order valence-electron chi connectivity index (χ4n) is 3.76. The second-order valence-corrected chi connectivity index (χ2v) is 7.05. The molecular formula is C20H28N6. The molecule has 1 aromatic carbocycles. The Labute approximate surface area is 155 Å². The molecule has 2 fully saturated rings. The lowest BCUT2D eigenvalue weighted by Gasteiger charge is -2.34. The van der Waals surface area contributed by atoms with Crippen LogP contribution in [-0.2, 0) is 0 Å². The summed E-state index contributed by atoms with van der Waals surface area (Å²) in [4.78, 5) is 16.1. The fourth-order valence-corrected chi connectivity index (χ4v) is 3.76. The lowest BCUT2D eigenvalue weighted by molar-refractivity contribution is 0.270. The molecule has 0 atom stereocenters. The molecule has 2 aliphatic heterocycles. The normalized spacial score (nSPS) is 18.3. The molecule has 26 heavy (non-hydrogen) atoms. The average molecular weight is 352 g/mol. The van der Waals surface area contributed by atoms with Crippen LogP contribution in [0.15, 0.2) is 36.7 Å². The number of hydrogen-bond acceptors (Lipinski definition) is 6. The molecule has 3 heterocycles. The van der Waals surface area contributed by atoms with Crippen LogP contribution >= 0.6 is 0 Å². The SMILES string of the molecule is CCN1CCN(c2cc(Nc3ccc(N4CCCC4)cc3)ncn2)CC1. The third kappa shape index (κ3) is 3.90. The number of likely N-dealkylation sites (N-methyl/N-ethyl adjacent to an activating group) is 1. The number of aromatic nitrogens is 2. The molecule has 138 valence electrons. The highest BCUT2D eigenvalue weighted by Gasteiger charge is 2.17. The Bertz CT molecular complexity index is 702. The zero-order valence-electron chi connectivity index (χ0n) is 15.6. The smallest absolute Gasteiger partial charge is 0.135 e. The summed E-state index contributed by atoms with van der Waals surface area (Å²) >= 11 is 0. The van der Waals surface area contributed by atoms with E-state index in [2.05, 4.69) is 67.2 Å². The van der Waals surface area contributed by atoms with Crippen molar-refractivity contribution >= 4 is 23.0 Å². The molecule has 0 bridgehead atoms. The van der Waals surface area contributed by atoms with E-state index in [1.165, 1.54) is 31.6 Å². The Morgan fingerprint density at radius 3 is 2.31 bits per heavy atom. The van der Waals surface area contributed by atoms with Gasteiger partial charge in [-0.1, -0.05) is 6.92 Å². The van der Waals surface area contributed by atoms with Gasteiger partial charge in [0.2, 0.25) is 0 Å². The monoisotopic (exact) mass is 352 g/mol. The van der Waals surface area contributed by atoms with Crippen molar-refractivity contribution in [3.8, 4) is 0 Å². The van der Waals surface area contributed by atoms with E-state index >= 15 is 0 Å². The number of piperazine rings is 1. The minimum Gasteiger partial charge on any atom is -0.372 e. The van der Waals surface area contributed by atoms with Gasteiger partial charge in [0, 0.05) is 56.7 Å². The van der Waals surface area contributed by atoms with Crippen molar-refractivity contribution in [3.63, 3.8) is 0 Å². The van der Waals surface area contributed by atoms with E-state index < -0.39 is 0 Å². The van der Waals surface area contributed by atoms with Crippen LogP contribution in [0.2, 0.25) is 0 Å². The zero-order valence-corrected chi connectivity index (χ0v) is 15.6. The molecule has 0 amide bonds. The molecule has 1 aromatic heterocycles. The van der Waals surface area contributed by atoms with E-state index in [1.54, 1.807) is 6.33 Å². The van der Waals surface area contributed by atoms with Crippen molar-refractivity contribution in [1.29, 1.82) is 0 Å². The third-order valence-corrected chi connectivity index (χ3v) is 5.41. The molecule has 2 saturated heterocycles. The van der Waals surface area contributed by atoms with Crippen LogP contribution in [0.3, 0.4) is 0 Å². The summed E-state index contributed by atoms with van der Waals surface area (Å²) in [6.07, 6.45) is 4.26. The minimum absolute atomic E-state index is 0.849. The van der Waals surface area contributed by atoms with E-state index in [4.69, 9.17) is 0 Å². The second kappa shape index (κ2) is 7.91. The first-order valence-corrected chi connectivity index (χ1v) is 9.73. The zero-order chi connectivity index (χ0) is 17.8. The van der Waals surface area contributed by atoms with Crippen LogP contribution in [0.5, 0.6) is 0 Å². The van der Waals surface area contributed by atoms with Gasteiger partial charge in [-0.3, -0.25) is 0 Å². The highest BCUT2D eigenvalue weighted by atomic mass is 15.3. The quantitative estimate of drug-likeness (QED) is 0.893. The van der Waals surface area contributed by atoms with Crippen molar-refractivity contribution in [2.24, 2.45) is 0 Å². The molecular weight excluding hydrogens is 324 g/mol. The van der Waals surface area contributed by atoms with E-state index in [1.807, 2.05) is 0 Å². The number of benzene rings is 1. The average Bonchev–Trinajstić information content (AvgIpc) is 3.24. The Hall–Kier alpha value is -2.34. The van der Waals surface area contributed by atoms with Crippen LogP contribution in [-0.4, -0.2) is 60.7 Å². The summed E-state index contributed by atoms with van der Waals surface area (Å²) < 4.78 is 0. The van der Waals surface area contributed by atoms with Crippen molar-refractivity contribution < 1.29 is 0 Å². The standard InChI is InChI=1S/C20H28N6/c1-2-24-11-13-26(14-12-24)20-15-19(21-16-22-20)23-17-5-7-18(8-6-17)25-9-3-4-10-25/h5-8,15-16H,2-4,9-14H2,1H3,(H,21,22,23). The Morgan fingerprint density at radius 1 is 0.885 bits per heavy atom. The van der Waals surface area contributed by atoms with Gasteiger partial charge in [-0.15, -0.1) is 0 Å². The first kappa shape index (κ1) is 17.1. The Kier molecular flexibility index (Phi) is 5.20. The van der Waals surface area contributed by atoms with Gasteiger partial charge in [0.1, 0.15) is 18.0 Å². The van der Waals surface area contributed by atoms with Gasteiger partial charge in [-0.2, -0.15) is 0 Å². The molecule has 1 N–H and O–H groups in total. The van der Waals surface area contributed by atoms with E-state index in [0.29, 0.717) is 0 Å². The van der Waals surface area contributed by atoms with Gasteiger partial charge in [-0.05, 0) is 43.7 Å². The van der Waals surface area contributed by atoms with E-state index in [9.17, 15) is 0 Å². The highest BCUT2D eigenvalue weighted by Crippen LogP contribution is 2.24. The lowest BCUT2D eigenvalue weighted by Crippen LogP contribution is -2.46. The molecule has 4 rings (SSSR count). The van der Waals surface area contributed by atoms with Gasteiger partial charge in [-0.25, -0.2) is 9.97 Å². The number of hydrogen-bond donors (Lipinski definition) is 1. The predicted molar refractivity (Wildman–Crippen MR) is 108 cm³/mol. The first-order valence-electron chi connectivity index (χ1n) is 9.73. The molecule has 0 saturated carbocycles. The van der Waals surface area contributed by atoms with E-state index in [-0.39, 0.29) is 0 Å². The first-order chi connectivity index (χ1) is 12.8. The molecule has 0 aliphatic carbocycles. The number of rotatable bonds is 5. The van der Waals surface area contributed by atoms with Crippen LogP contribution < -0.4 is 15.1 Å². The van der Waals surface area contributed by atoms with Gasteiger partial charge >= 0.3 is 0 Å². The lowest BCUT2D eigenvalue weighted by atomic mass is 10.2. The van der Waals surface area contributed by atoms with Crippen molar-refractivity contribution in [2.75, 3.05) is 60.9 Å². The predicted octanol–water partition coefficient (Wildman–Crippen LogP) is 2.96. The minimum atomic E-state index is 0.849. The summed E-state index contributed by atoms with van der Waals surface area (Å²) in [6.45, 7) is 9.93. The molecule has 0 spiro atoms. The fraction of sp³-hybridized carbons (Fsp3) is 0.500. The molecule has 6 heteroatoms. The third-order valence-electron chi connectivity index (χ3n) is 5.41. The molecule has 2 aliphatic rings. The molecule has 0 radical (unpaired) electrons. The maximum atomic E-state index is 4.47. The van der Waals surface area contributed by atoms with Gasteiger partial charge < -0.3 is 20.0 Å². The Morgan fingerprint density at radius 2 is 1.62 bits per heavy atom. The summed E-state index contributed by atoms with van der Waals surface area (Å²) in [7, 11) is 0. The number of nitrogens with zero attached hydrogens (tertiary/aromatic N) is 5. The van der Waals surface area contributed by atoms with Crippen molar-refractivity contribution in [1.82, 2.24) is 14.9 Å². The van der Waals surface area contributed by atoms with Crippen LogP contribution in [0.1, 0.15) is 19.8 Å². The van der Waals surface area contributed by atoms with Crippen molar-refractivity contribution in [3.05, 3.63) is 36.7 Å². The van der Waals surface area contributed by atoms with Gasteiger partial charge in [0.15, 0.2) is 0 Å². The topological polar surface area (TPSA) is 47.5 Å². The molecule has 0 unspecified atom stereocenters. The highest BCUT2D eigenvalue weighted by molar-refractivity contribution is 5.62. The van der Waals surface area contributed by atoms with Gasteiger partial charge in [0.25, 0.3) is 0 Å².